The lowest BCUT2D eigenvalue weighted by atomic mass is 10.1. The van der Waals surface area contributed by atoms with Gasteiger partial charge in [-0.2, -0.15) is 0 Å². The Hall–Kier alpha value is -0.800. The van der Waals surface area contributed by atoms with E-state index < -0.39 is 0 Å². The fraction of sp³-hybridized carbons (Fsp3) is 0.429. The third-order valence-corrected chi connectivity index (χ3v) is 3.82. The van der Waals surface area contributed by atoms with Gasteiger partial charge in [-0.15, -0.1) is 0 Å². The van der Waals surface area contributed by atoms with Crippen molar-refractivity contribution in [3.63, 3.8) is 0 Å². The fourth-order valence-corrected chi connectivity index (χ4v) is 2.88. The van der Waals surface area contributed by atoms with Gasteiger partial charge in [0.2, 0.25) is 0 Å². The molecule has 1 N–H and O–H groups in total. The van der Waals surface area contributed by atoms with Gasteiger partial charge < -0.3 is 9.73 Å². The van der Waals surface area contributed by atoms with Crippen molar-refractivity contribution in [2.45, 2.75) is 33.7 Å². The minimum Gasteiger partial charge on any atom is -0.459 e. The van der Waals surface area contributed by atoms with Gasteiger partial charge in [0.15, 0.2) is 0 Å². The average Bonchev–Trinajstić information content (AvgIpc) is 2.63. The summed E-state index contributed by atoms with van der Waals surface area (Å²) in [7, 11) is 0. The summed E-state index contributed by atoms with van der Waals surface area (Å²) in [6.07, 6.45) is 0. The first-order valence-electron chi connectivity index (χ1n) is 5.97. The Kier molecular flexibility index (Phi) is 3.59. The summed E-state index contributed by atoms with van der Waals surface area (Å²) < 4.78 is 7.14. The van der Waals surface area contributed by atoms with E-state index in [0.717, 1.165) is 22.4 Å². The zero-order valence-corrected chi connectivity index (χ0v) is 12.3. The maximum Gasteiger partial charge on any atom is 0.138 e. The Labute approximate surface area is 111 Å². The van der Waals surface area contributed by atoms with E-state index >= 15 is 0 Å². The lowest BCUT2D eigenvalue weighted by Crippen LogP contribution is -2.17. The lowest BCUT2D eigenvalue weighted by Gasteiger charge is -2.09. The molecule has 2 nitrogen and oxygen atoms in total. The summed E-state index contributed by atoms with van der Waals surface area (Å²) in [6.45, 7) is 9.39. The SMILES string of the molecule is CCNC(C)c1oc2c(C)ccc(Br)c2c1C. The Morgan fingerprint density at radius 1 is 1.35 bits per heavy atom. The van der Waals surface area contributed by atoms with Crippen LogP contribution in [0.15, 0.2) is 21.0 Å². The van der Waals surface area contributed by atoms with Gasteiger partial charge in [-0.1, -0.05) is 28.9 Å². The second-order valence-electron chi connectivity index (χ2n) is 4.44. The van der Waals surface area contributed by atoms with Crippen LogP contribution in [0.25, 0.3) is 11.0 Å². The molecular formula is C14H18BrNO. The maximum absolute atomic E-state index is 6.03. The van der Waals surface area contributed by atoms with E-state index in [1.165, 1.54) is 16.5 Å². The Balaban J connectivity index is 2.64. The van der Waals surface area contributed by atoms with Crippen LogP contribution in [0, 0.1) is 13.8 Å². The molecule has 1 heterocycles. The van der Waals surface area contributed by atoms with Gasteiger partial charge in [0.25, 0.3) is 0 Å². The van der Waals surface area contributed by atoms with E-state index in [1.807, 2.05) is 0 Å². The number of furan rings is 1. The topological polar surface area (TPSA) is 25.2 Å². The molecule has 17 heavy (non-hydrogen) atoms. The van der Waals surface area contributed by atoms with E-state index in [9.17, 15) is 0 Å². The van der Waals surface area contributed by atoms with Gasteiger partial charge in [-0.25, -0.2) is 0 Å². The highest BCUT2D eigenvalue weighted by Gasteiger charge is 2.18. The molecule has 0 fully saturated rings. The van der Waals surface area contributed by atoms with E-state index in [0.29, 0.717) is 0 Å². The van der Waals surface area contributed by atoms with Crippen molar-refractivity contribution in [1.82, 2.24) is 5.32 Å². The molecule has 0 radical (unpaired) electrons. The molecule has 1 atom stereocenters. The predicted molar refractivity (Wildman–Crippen MR) is 75.5 cm³/mol. The molecule has 92 valence electrons. The van der Waals surface area contributed by atoms with Crippen LogP contribution >= 0.6 is 15.9 Å². The van der Waals surface area contributed by atoms with Crippen molar-refractivity contribution >= 4 is 26.9 Å². The standard InChI is InChI=1S/C14H18BrNO/c1-5-16-10(4)14-9(3)12-11(15)7-6-8(2)13(12)17-14/h6-7,10,16H,5H2,1-4H3. The van der Waals surface area contributed by atoms with Crippen LogP contribution in [0.1, 0.15) is 36.8 Å². The van der Waals surface area contributed by atoms with E-state index in [2.05, 4.69) is 61.1 Å². The van der Waals surface area contributed by atoms with Gasteiger partial charge >= 0.3 is 0 Å². The van der Waals surface area contributed by atoms with Crippen LogP contribution < -0.4 is 5.32 Å². The minimum absolute atomic E-state index is 0.249. The molecule has 0 amide bonds. The second-order valence-corrected chi connectivity index (χ2v) is 5.29. The van der Waals surface area contributed by atoms with Crippen molar-refractivity contribution < 1.29 is 4.42 Å². The highest BCUT2D eigenvalue weighted by molar-refractivity contribution is 9.10. The summed E-state index contributed by atoms with van der Waals surface area (Å²) in [5, 5.41) is 4.59. The Bertz CT molecular complexity index is 545. The minimum atomic E-state index is 0.249. The van der Waals surface area contributed by atoms with Crippen molar-refractivity contribution in [3.8, 4) is 0 Å². The highest BCUT2D eigenvalue weighted by Crippen LogP contribution is 2.35. The summed E-state index contributed by atoms with van der Waals surface area (Å²) in [5.41, 5.74) is 3.40. The molecule has 3 heteroatoms. The third kappa shape index (κ3) is 2.14. The van der Waals surface area contributed by atoms with Crippen LogP contribution in [-0.2, 0) is 0 Å². The fourth-order valence-electron chi connectivity index (χ4n) is 2.27. The van der Waals surface area contributed by atoms with Gasteiger partial charge in [0, 0.05) is 15.4 Å². The molecule has 0 aliphatic heterocycles. The predicted octanol–water partition coefficient (Wildman–Crippen LogP) is 4.48. The number of fused-ring (bicyclic) bond motifs is 1. The number of nitrogens with one attached hydrogen (secondary N) is 1. The van der Waals surface area contributed by atoms with Crippen LogP contribution in [-0.4, -0.2) is 6.54 Å². The molecule has 0 bridgehead atoms. The second kappa shape index (κ2) is 4.83. The summed E-state index contributed by atoms with van der Waals surface area (Å²) >= 11 is 3.60. The van der Waals surface area contributed by atoms with Gasteiger partial charge in [-0.3, -0.25) is 0 Å². The molecule has 1 aromatic carbocycles. The van der Waals surface area contributed by atoms with Crippen LogP contribution in [0.3, 0.4) is 0 Å². The maximum atomic E-state index is 6.03. The molecule has 0 saturated carbocycles. The quantitative estimate of drug-likeness (QED) is 0.903. The van der Waals surface area contributed by atoms with Gasteiger partial charge in [0.05, 0.1) is 6.04 Å². The third-order valence-electron chi connectivity index (χ3n) is 3.16. The molecule has 0 spiro atoms. The van der Waals surface area contributed by atoms with E-state index in [1.54, 1.807) is 0 Å². The largest absolute Gasteiger partial charge is 0.459 e. The summed E-state index contributed by atoms with van der Waals surface area (Å²) in [6, 6.07) is 4.41. The highest BCUT2D eigenvalue weighted by atomic mass is 79.9. The summed E-state index contributed by atoms with van der Waals surface area (Å²) in [5.74, 6) is 1.04. The van der Waals surface area contributed by atoms with Crippen molar-refractivity contribution in [2.75, 3.05) is 6.54 Å². The Morgan fingerprint density at radius 3 is 2.65 bits per heavy atom. The normalized spacial score (nSPS) is 13.2. The zero-order valence-electron chi connectivity index (χ0n) is 10.7. The zero-order chi connectivity index (χ0) is 12.6. The molecule has 2 rings (SSSR count). The first-order chi connectivity index (χ1) is 8.06. The van der Waals surface area contributed by atoms with Crippen molar-refractivity contribution in [1.29, 1.82) is 0 Å². The molecule has 1 unspecified atom stereocenters. The van der Waals surface area contributed by atoms with Gasteiger partial charge in [-0.05, 0) is 38.9 Å². The van der Waals surface area contributed by atoms with E-state index in [-0.39, 0.29) is 6.04 Å². The first-order valence-corrected chi connectivity index (χ1v) is 6.77. The average molecular weight is 296 g/mol. The number of rotatable bonds is 3. The molecular weight excluding hydrogens is 278 g/mol. The van der Waals surface area contributed by atoms with Crippen LogP contribution in [0.4, 0.5) is 0 Å². The molecule has 2 aromatic rings. The molecule has 0 saturated heterocycles. The smallest absolute Gasteiger partial charge is 0.138 e. The molecule has 0 aliphatic carbocycles. The molecule has 1 aromatic heterocycles. The number of hydrogen-bond acceptors (Lipinski definition) is 2. The number of halogens is 1. The molecule has 0 aliphatic rings. The first kappa shape index (κ1) is 12.7. The number of hydrogen-bond donors (Lipinski definition) is 1. The van der Waals surface area contributed by atoms with Crippen molar-refractivity contribution in [2.24, 2.45) is 0 Å². The number of benzene rings is 1. The Morgan fingerprint density at radius 2 is 2.06 bits per heavy atom. The van der Waals surface area contributed by atoms with Crippen molar-refractivity contribution in [3.05, 3.63) is 33.5 Å². The van der Waals surface area contributed by atoms with Crippen LogP contribution in [0.5, 0.6) is 0 Å². The monoisotopic (exact) mass is 295 g/mol. The van der Waals surface area contributed by atoms with Crippen LogP contribution in [0.2, 0.25) is 0 Å². The summed E-state index contributed by atoms with van der Waals surface area (Å²) in [4.78, 5) is 0. The van der Waals surface area contributed by atoms with Gasteiger partial charge in [0.1, 0.15) is 11.3 Å². The van der Waals surface area contributed by atoms with E-state index in [4.69, 9.17) is 4.42 Å². The lowest BCUT2D eigenvalue weighted by molar-refractivity contribution is 0.455. The number of aryl methyl sites for hydroxylation is 2.